The number of hydrogen-bond donors (Lipinski definition) is 2. The number of piperidine rings is 1. The monoisotopic (exact) mass is 360 g/mol. The van der Waals surface area contributed by atoms with E-state index in [9.17, 15) is 4.79 Å². The van der Waals surface area contributed by atoms with Gasteiger partial charge in [-0.05, 0) is 50.9 Å². The number of halogens is 2. The van der Waals surface area contributed by atoms with Crippen LogP contribution in [-0.4, -0.2) is 18.5 Å². The van der Waals surface area contributed by atoms with E-state index >= 15 is 0 Å². The van der Waals surface area contributed by atoms with Crippen molar-refractivity contribution >= 4 is 34.2 Å². The molecule has 1 aliphatic heterocycles. The van der Waals surface area contributed by atoms with E-state index in [1.165, 1.54) is 0 Å². The van der Waals surface area contributed by atoms with Crippen LogP contribution < -0.4 is 10.6 Å². The van der Waals surface area contributed by atoms with Crippen molar-refractivity contribution in [2.45, 2.75) is 38.8 Å². The van der Waals surface area contributed by atoms with Crippen LogP contribution in [0.5, 0.6) is 0 Å². The SMILES string of the molecule is CC(NC(=O)[C@H]1CCN[C@@H](C)C1)c1ccc(Br)cc1.Cl. The quantitative estimate of drug-likeness (QED) is 0.866. The maximum atomic E-state index is 12.2. The van der Waals surface area contributed by atoms with Crippen molar-refractivity contribution in [2.24, 2.45) is 5.92 Å². The molecule has 1 aromatic rings. The lowest BCUT2D eigenvalue weighted by Gasteiger charge is -2.28. The van der Waals surface area contributed by atoms with Crippen molar-refractivity contribution in [1.29, 1.82) is 0 Å². The summed E-state index contributed by atoms with van der Waals surface area (Å²) in [4.78, 5) is 12.2. The van der Waals surface area contributed by atoms with Gasteiger partial charge in [-0.3, -0.25) is 4.79 Å². The number of carbonyl (C=O) groups excluding carboxylic acids is 1. The highest BCUT2D eigenvalue weighted by molar-refractivity contribution is 9.10. The number of nitrogens with one attached hydrogen (secondary N) is 2. The summed E-state index contributed by atoms with van der Waals surface area (Å²) in [6, 6.07) is 8.59. The Hall–Kier alpha value is -0.580. The molecule has 1 aliphatic rings. The van der Waals surface area contributed by atoms with Gasteiger partial charge in [-0.1, -0.05) is 28.1 Å². The van der Waals surface area contributed by atoms with Crippen molar-refractivity contribution in [3.8, 4) is 0 Å². The predicted octanol–water partition coefficient (Wildman–Crippen LogP) is 3.44. The highest BCUT2D eigenvalue weighted by Crippen LogP contribution is 2.20. The molecule has 0 spiro atoms. The Labute approximate surface area is 135 Å². The summed E-state index contributed by atoms with van der Waals surface area (Å²) >= 11 is 3.42. The molecule has 1 heterocycles. The van der Waals surface area contributed by atoms with Crippen LogP contribution in [0.2, 0.25) is 0 Å². The third-order valence-electron chi connectivity index (χ3n) is 3.72. The van der Waals surface area contributed by atoms with Crippen LogP contribution in [0.3, 0.4) is 0 Å². The zero-order valence-electron chi connectivity index (χ0n) is 11.9. The molecule has 2 rings (SSSR count). The summed E-state index contributed by atoms with van der Waals surface area (Å²) in [5.74, 6) is 0.331. The third-order valence-corrected chi connectivity index (χ3v) is 4.25. The minimum atomic E-state index is 0. The largest absolute Gasteiger partial charge is 0.349 e. The van der Waals surface area contributed by atoms with Gasteiger partial charge < -0.3 is 10.6 Å². The molecule has 1 aromatic carbocycles. The molecular weight excluding hydrogens is 340 g/mol. The van der Waals surface area contributed by atoms with E-state index < -0.39 is 0 Å². The predicted molar refractivity (Wildman–Crippen MR) is 88.1 cm³/mol. The fourth-order valence-corrected chi connectivity index (χ4v) is 2.80. The molecule has 0 aliphatic carbocycles. The number of amides is 1. The second-order valence-electron chi connectivity index (χ2n) is 5.36. The van der Waals surface area contributed by atoms with E-state index in [-0.39, 0.29) is 30.3 Å². The van der Waals surface area contributed by atoms with Gasteiger partial charge in [0.1, 0.15) is 0 Å². The van der Waals surface area contributed by atoms with Crippen molar-refractivity contribution in [1.82, 2.24) is 10.6 Å². The average Bonchev–Trinajstić information content (AvgIpc) is 2.39. The topological polar surface area (TPSA) is 41.1 Å². The Kier molecular flexibility index (Phi) is 7.00. The lowest BCUT2D eigenvalue weighted by molar-refractivity contribution is -0.126. The fraction of sp³-hybridized carbons (Fsp3) is 0.533. The van der Waals surface area contributed by atoms with Gasteiger partial charge in [0.05, 0.1) is 6.04 Å². The Morgan fingerprint density at radius 1 is 1.40 bits per heavy atom. The standard InChI is InChI=1S/C15H21BrN2O.ClH/c1-10-9-13(7-8-17-10)15(19)18-11(2)12-3-5-14(16)6-4-12;/h3-6,10-11,13,17H,7-9H2,1-2H3,(H,18,19);1H/t10-,11?,13-;/m0./s1. The van der Waals surface area contributed by atoms with Gasteiger partial charge in [0, 0.05) is 16.4 Å². The van der Waals surface area contributed by atoms with Crippen LogP contribution in [0.1, 0.15) is 38.3 Å². The van der Waals surface area contributed by atoms with Gasteiger partial charge in [-0.2, -0.15) is 0 Å². The minimum absolute atomic E-state index is 0. The molecule has 1 fully saturated rings. The van der Waals surface area contributed by atoms with E-state index in [1.54, 1.807) is 0 Å². The van der Waals surface area contributed by atoms with Crippen molar-refractivity contribution in [3.63, 3.8) is 0 Å². The summed E-state index contributed by atoms with van der Waals surface area (Å²) in [6.07, 6.45) is 1.86. The number of carbonyl (C=O) groups is 1. The Balaban J connectivity index is 0.00000200. The van der Waals surface area contributed by atoms with Crippen molar-refractivity contribution in [3.05, 3.63) is 34.3 Å². The molecule has 1 amide bonds. The van der Waals surface area contributed by atoms with Gasteiger partial charge in [0.15, 0.2) is 0 Å². The first kappa shape index (κ1) is 17.5. The Morgan fingerprint density at radius 3 is 2.65 bits per heavy atom. The smallest absolute Gasteiger partial charge is 0.223 e. The minimum Gasteiger partial charge on any atom is -0.349 e. The van der Waals surface area contributed by atoms with Crippen LogP contribution >= 0.6 is 28.3 Å². The van der Waals surface area contributed by atoms with Gasteiger partial charge in [-0.15, -0.1) is 12.4 Å². The normalized spacial score (nSPS) is 23.6. The Morgan fingerprint density at radius 2 is 2.05 bits per heavy atom. The molecule has 2 N–H and O–H groups in total. The van der Waals surface area contributed by atoms with E-state index in [2.05, 4.69) is 33.5 Å². The van der Waals surface area contributed by atoms with Crippen molar-refractivity contribution in [2.75, 3.05) is 6.54 Å². The van der Waals surface area contributed by atoms with Crippen LogP contribution in [0.15, 0.2) is 28.7 Å². The molecule has 112 valence electrons. The highest BCUT2D eigenvalue weighted by atomic mass is 79.9. The molecule has 0 bridgehead atoms. The van der Waals surface area contributed by atoms with Gasteiger partial charge in [0.25, 0.3) is 0 Å². The summed E-state index contributed by atoms with van der Waals surface area (Å²) < 4.78 is 1.06. The molecule has 3 atom stereocenters. The fourth-order valence-electron chi connectivity index (χ4n) is 2.54. The second-order valence-corrected chi connectivity index (χ2v) is 6.27. The zero-order valence-corrected chi connectivity index (χ0v) is 14.3. The van der Waals surface area contributed by atoms with Gasteiger partial charge >= 0.3 is 0 Å². The van der Waals surface area contributed by atoms with Crippen LogP contribution in [0, 0.1) is 5.92 Å². The lowest BCUT2D eigenvalue weighted by Crippen LogP contribution is -2.42. The van der Waals surface area contributed by atoms with Gasteiger partial charge in [-0.25, -0.2) is 0 Å². The second kappa shape index (κ2) is 8.01. The van der Waals surface area contributed by atoms with Crippen LogP contribution in [0.4, 0.5) is 0 Å². The summed E-state index contributed by atoms with van der Waals surface area (Å²) in [5, 5.41) is 6.50. The molecule has 5 heteroatoms. The van der Waals surface area contributed by atoms with Crippen LogP contribution in [0.25, 0.3) is 0 Å². The molecule has 0 aromatic heterocycles. The number of rotatable bonds is 3. The first-order chi connectivity index (χ1) is 9.06. The Bertz CT molecular complexity index is 438. The van der Waals surface area contributed by atoms with E-state index in [1.807, 2.05) is 31.2 Å². The molecule has 0 saturated carbocycles. The molecule has 1 saturated heterocycles. The molecular formula is C15H22BrClN2O. The molecule has 1 unspecified atom stereocenters. The van der Waals surface area contributed by atoms with Crippen molar-refractivity contribution < 1.29 is 4.79 Å². The molecule has 20 heavy (non-hydrogen) atoms. The maximum Gasteiger partial charge on any atom is 0.223 e. The number of hydrogen-bond acceptors (Lipinski definition) is 2. The molecule has 0 radical (unpaired) electrons. The van der Waals surface area contributed by atoms with E-state index in [0.717, 1.165) is 29.4 Å². The number of benzene rings is 1. The first-order valence-electron chi connectivity index (χ1n) is 6.85. The summed E-state index contributed by atoms with van der Waals surface area (Å²) in [6.45, 7) is 5.11. The summed E-state index contributed by atoms with van der Waals surface area (Å²) in [5.41, 5.74) is 1.14. The average molecular weight is 362 g/mol. The first-order valence-corrected chi connectivity index (χ1v) is 7.65. The zero-order chi connectivity index (χ0) is 13.8. The highest BCUT2D eigenvalue weighted by Gasteiger charge is 2.25. The van der Waals surface area contributed by atoms with E-state index in [0.29, 0.717) is 6.04 Å². The third kappa shape index (κ3) is 4.76. The van der Waals surface area contributed by atoms with Crippen LogP contribution in [-0.2, 0) is 4.79 Å². The van der Waals surface area contributed by atoms with Gasteiger partial charge in [0.2, 0.25) is 5.91 Å². The van der Waals surface area contributed by atoms with E-state index in [4.69, 9.17) is 0 Å². The maximum absolute atomic E-state index is 12.2. The summed E-state index contributed by atoms with van der Waals surface area (Å²) in [7, 11) is 0. The lowest BCUT2D eigenvalue weighted by atomic mass is 9.92. The molecule has 3 nitrogen and oxygen atoms in total.